The molecule has 0 amide bonds. The number of hydrogen-bond donors (Lipinski definition) is 2. The van der Waals surface area contributed by atoms with Crippen LogP contribution in [-0.4, -0.2) is 5.11 Å². The molecule has 0 aromatic heterocycles. The van der Waals surface area contributed by atoms with E-state index in [2.05, 4.69) is 6.58 Å². The molecule has 0 aliphatic carbocycles. The first-order chi connectivity index (χ1) is 6.56. The van der Waals surface area contributed by atoms with Crippen LogP contribution in [0.2, 0.25) is 5.02 Å². The number of hydrogen-bond acceptors (Lipinski definition) is 2. The smallest absolute Gasteiger partial charge is 0.166 e. The standard InChI is InChI=1S/C10H11ClFNO/c1-2-3-9(13)7-4-6(11)5-8(12)10(7)14/h2,4-5,9,14H,1,3,13H2/t9-/m0/s1. The third kappa shape index (κ3) is 2.25. The van der Waals surface area contributed by atoms with Crippen LogP contribution in [0.1, 0.15) is 18.0 Å². The Labute approximate surface area is 86.8 Å². The van der Waals surface area contributed by atoms with Crippen molar-refractivity contribution < 1.29 is 9.50 Å². The number of halogens is 2. The van der Waals surface area contributed by atoms with Gasteiger partial charge < -0.3 is 10.8 Å². The first kappa shape index (κ1) is 11.0. The molecule has 0 spiro atoms. The Bertz CT molecular complexity index is 354. The molecule has 0 saturated carbocycles. The minimum atomic E-state index is -0.757. The SMILES string of the molecule is C=CC[C@H](N)c1cc(Cl)cc(F)c1O. The largest absolute Gasteiger partial charge is 0.505 e. The minimum Gasteiger partial charge on any atom is -0.505 e. The van der Waals surface area contributed by atoms with E-state index in [0.29, 0.717) is 12.0 Å². The van der Waals surface area contributed by atoms with Crippen LogP contribution in [0.25, 0.3) is 0 Å². The molecule has 3 N–H and O–H groups in total. The molecular formula is C10H11ClFNO. The van der Waals surface area contributed by atoms with Crippen LogP contribution in [0.15, 0.2) is 24.8 Å². The highest BCUT2D eigenvalue weighted by molar-refractivity contribution is 6.30. The lowest BCUT2D eigenvalue weighted by Crippen LogP contribution is -2.09. The highest BCUT2D eigenvalue weighted by atomic mass is 35.5. The maximum Gasteiger partial charge on any atom is 0.166 e. The summed E-state index contributed by atoms with van der Waals surface area (Å²) >= 11 is 5.63. The molecular weight excluding hydrogens is 205 g/mol. The van der Waals surface area contributed by atoms with E-state index < -0.39 is 17.6 Å². The second-order valence-corrected chi connectivity index (χ2v) is 3.39. The van der Waals surface area contributed by atoms with E-state index in [4.69, 9.17) is 17.3 Å². The molecule has 0 unspecified atom stereocenters. The third-order valence-electron chi connectivity index (χ3n) is 1.88. The summed E-state index contributed by atoms with van der Waals surface area (Å²) in [7, 11) is 0. The van der Waals surface area contributed by atoms with Gasteiger partial charge in [0.2, 0.25) is 0 Å². The Balaban J connectivity index is 3.12. The van der Waals surface area contributed by atoms with E-state index >= 15 is 0 Å². The summed E-state index contributed by atoms with van der Waals surface area (Å²) in [6.45, 7) is 3.51. The number of phenols is 1. The zero-order valence-electron chi connectivity index (χ0n) is 7.50. The number of phenolic OH excluding ortho intramolecular Hbond substituents is 1. The first-order valence-electron chi connectivity index (χ1n) is 4.10. The second kappa shape index (κ2) is 4.44. The van der Waals surface area contributed by atoms with Crippen LogP contribution in [0.5, 0.6) is 5.75 Å². The Morgan fingerprint density at radius 1 is 1.64 bits per heavy atom. The van der Waals surface area contributed by atoms with Crippen LogP contribution in [0.4, 0.5) is 4.39 Å². The Hall–Kier alpha value is -1.06. The lowest BCUT2D eigenvalue weighted by atomic mass is 10.0. The average Bonchev–Trinajstić information content (AvgIpc) is 2.11. The average molecular weight is 216 g/mol. The predicted octanol–water partition coefficient (Wildman–Crippen LogP) is 2.76. The lowest BCUT2D eigenvalue weighted by Gasteiger charge is -2.12. The van der Waals surface area contributed by atoms with Crippen molar-refractivity contribution in [3.05, 3.63) is 41.2 Å². The van der Waals surface area contributed by atoms with Gasteiger partial charge in [-0.15, -0.1) is 6.58 Å². The van der Waals surface area contributed by atoms with Gasteiger partial charge in [-0.2, -0.15) is 0 Å². The number of benzene rings is 1. The fraction of sp³-hybridized carbons (Fsp3) is 0.200. The van der Waals surface area contributed by atoms with Gasteiger partial charge in [0.25, 0.3) is 0 Å². The summed E-state index contributed by atoms with van der Waals surface area (Å²) in [5.74, 6) is -1.20. The third-order valence-corrected chi connectivity index (χ3v) is 2.10. The maximum atomic E-state index is 13.0. The van der Waals surface area contributed by atoms with Crippen LogP contribution in [0, 0.1) is 5.82 Å². The topological polar surface area (TPSA) is 46.2 Å². The van der Waals surface area contributed by atoms with Crippen molar-refractivity contribution in [3.63, 3.8) is 0 Å². The molecule has 0 aliphatic rings. The van der Waals surface area contributed by atoms with Crippen LogP contribution < -0.4 is 5.73 Å². The summed E-state index contributed by atoms with van der Waals surface area (Å²) < 4.78 is 13.0. The zero-order valence-corrected chi connectivity index (χ0v) is 8.26. The van der Waals surface area contributed by atoms with Gasteiger partial charge in [-0.25, -0.2) is 4.39 Å². The Morgan fingerprint density at radius 3 is 2.86 bits per heavy atom. The van der Waals surface area contributed by atoms with Crippen LogP contribution >= 0.6 is 11.6 Å². The van der Waals surface area contributed by atoms with Crippen molar-refractivity contribution in [1.82, 2.24) is 0 Å². The molecule has 2 nitrogen and oxygen atoms in total. The molecule has 1 aromatic carbocycles. The van der Waals surface area contributed by atoms with Crippen molar-refractivity contribution in [2.45, 2.75) is 12.5 Å². The quantitative estimate of drug-likeness (QED) is 0.762. The van der Waals surface area contributed by atoms with E-state index in [-0.39, 0.29) is 5.02 Å². The fourth-order valence-electron chi connectivity index (χ4n) is 1.18. The van der Waals surface area contributed by atoms with Crippen molar-refractivity contribution >= 4 is 11.6 Å². The summed E-state index contributed by atoms with van der Waals surface area (Å²) in [5, 5.41) is 9.59. The van der Waals surface area contributed by atoms with Crippen molar-refractivity contribution in [1.29, 1.82) is 0 Å². The second-order valence-electron chi connectivity index (χ2n) is 2.96. The molecule has 0 bridgehead atoms. The van der Waals surface area contributed by atoms with Gasteiger partial charge in [0, 0.05) is 16.6 Å². The molecule has 1 rings (SSSR count). The zero-order chi connectivity index (χ0) is 10.7. The summed E-state index contributed by atoms with van der Waals surface area (Å²) in [4.78, 5) is 0. The van der Waals surface area contributed by atoms with Crippen LogP contribution in [0.3, 0.4) is 0 Å². The lowest BCUT2D eigenvalue weighted by molar-refractivity contribution is 0.421. The van der Waals surface area contributed by atoms with Gasteiger partial charge in [0.1, 0.15) is 0 Å². The first-order valence-corrected chi connectivity index (χ1v) is 4.48. The molecule has 1 aromatic rings. The van der Waals surface area contributed by atoms with Gasteiger partial charge in [0.05, 0.1) is 0 Å². The number of rotatable bonds is 3. The fourth-order valence-corrected chi connectivity index (χ4v) is 1.39. The van der Waals surface area contributed by atoms with Gasteiger partial charge in [0.15, 0.2) is 11.6 Å². The van der Waals surface area contributed by atoms with E-state index in [1.165, 1.54) is 6.07 Å². The minimum absolute atomic E-state index is 0.217. The van der Waals surface area contributed by atoms with Gasteiger partial charge >= 0.3 is 0 Å². The molecule has 14 heavy (non-hydrogen) atoms. The van der Waals surface area contributed by atoms with Crippen molar-refractivity contribution in [2.24, 2.45) is 5.73 Å². The van der Waals surface area contributed by atoms with E-state index in [1.807, 2.05) is 0 Å². The van der Waals surface area contributed by atoms with Gasteiger partial charge in [-0.1, -0.05) is 17.7 Å². The van der Waals surface area contributed by atoms with E-state index in [9.17, 15) is 9.50 Å². The predicted molar refractivity (Wildman–Crippen MR) is 54.8 cm³/mol. The normalized spacial score (nSPS) is 12.5. The molecule has 4 heteroatoms. The summed E-state index contributed by atoms with van der Waals surface area (Å²) in [6.07, 6.45) is 2.05. The Kier molecular flexibility index (Phi) is 3.49. The van der Waals surface area contributed by atoms with E-state index in [1.54, 1.807) is 6.08 Å². The summed E-state index contributed by atoms with van der Waals surface area (Å²) in [6, 6.07) is 2.01. The molecule has 0 fully saturated rings. The maximum absolute atomic E-state index is 13.0. The monoisotopic (exact) mass is 215 g/mol. The molecule has 1 atom stereocenters. The van der Waals surface area contributed by atoms with Crippen LogP contribution in [-0.2, 0) is 0 Å². The number of aromatic hydroxyl groups is 1. The molecule has 0 radical (unpaired) electrons. The highest BCUT2D eigenvalue weighted by Gasteiger charge is 2.14. The molecule has 0 aliphatic heterocycles. The molecule has 76 valence electrons. The molecule has 0 heterocycles. The van der Waals surface area contributed by atoms with Gasteiger partial charge in [-0.3, -0.25) is 0 Å². The highest BCUT2D eigenvalue weighted by Crippen LogP contribution is 2.30. The van der Waals surface area contributed by atoms with Crippen molar-refractivity contribution in [2.75, 3.05) is 0 Å². The number of nitrogens with two attached hydrogens (primary N) is 1. The Morgan fingerprint density at radius 2 is 2.29 bits per heavy atom. The van der Waals surface area contributed by atoms with Crippen molar-refractivity contribution in [3.8, 4) is 5.75 Å². The summed E-state index contributed by atoms with van der Waals surface area (Å²) in [5.41, 5.74) is 5.99. The molecule has 0 saturated heterocycles. The van der Waals surface area contributed by atoms with E-state index in [0.717, 1.165) is 6.07 Å². The van der Waals surface area contributed by atoms with Gasteiger partial charge in [-0.05, 0) is 18.6 Å².